The minimum Gasteiger partial charge on any atom is -0.485 e. The van der Waals surface area contributed by atoms with Crippen LogP contribution >= 0.6 is 0 Å². The maximum Gasteiger partial charge on any atom is 0.415 e. The predicted molar refractivity (Wildman–Crippen MR) is 150 cm³/mol. The molecule has 0 radical (unpaired) electrons. The summed E-state index contributed by atoms with van der Waals surface area (Å²) in [4.78, 5) is 26.8. The third kappa shape index (κ3) is 5.06. The summed E-state index contributed by atoms with van der Waals surface area (Å²) in [6, 6.07) is 3.61. The highest BCUT2D eigenvalue weighted by Gasteiger charge is 2.58. The smallest absolute Gasteiger partial charge is 0.415 e. The number of anilines is 1. The van der Waals surface area contributed by atoms with Crippen LogP contribution in [-0.4, -0.2) is 118 Å². The number of nitrogens with one attached hydrogen (secondary N) is 3. The minimum atomic E-state index is -4.57. The molecule has 1 amide bonds. The zero-order chi connectivity index (χ0) is 29.8. The number of alkyl halides is 3. The molecule has 1 aromatic carbocycles. The first-order valence-corrected chi connectivity index (χ1v) is 14.6. The third-order valence-corrected chi connectivity index (χ3v) is 8.93. The van der Waals surface area contributed by atoms with E-state index in [0.717, 1.165) is 32.5 Å². The molecule has 232 valence electrons. The van der Waals surface area contributed by atoms with Crippen molar-refractivity contribution in [2.75, 3.05) is 71.1 Å². The molecule has 3 atom stereocenters. The normalized spacial score (nSPS) is 29.1. The fourth-order valence-corrected chi connectivity index (χ4v) is 6.30. The molecule has 6 aliphatic heterocycles. The molecule has 3 unspecified atom stereocenters. The standard InChI is InChI=1S/C28H34F3N7O5/c1-27-20(28(29,30)31)12-32-24(27)35-26(36-25(27)33-16-4-9-40-13-16)34-19-3-2-18(21-22(19)43-11-10-42-21)23(39)38-7-5-37(6-8-38)17-14-41-15-17/h2-3,12,16-17,24,32H,4-11,13-15H2,1H3,(H2,33,34,35,36). The topological polar surface area (TPSA) is 121 Å². The lowest BCUT2D eigenvalue weighted by Crippen LogP contribution is -2.57. The van der Waals surface area contributed by atoms with Crippen LogP contribution in [0.2, 0.25) is 0 Å². The summed E-state index contributed by atoms with van der Waals surface area (Å²) >= 11 is 0. The molecule has 0 spiro atoms. The number of rotatable bonds is 4. The number of aliphatic imine (C=N–C) groups is 2. The molecule has 43 heavy (non-hydrogen) atoms. The average Bonchev–Trinajstić information content (AvgIpc) is 3.60. The van der Waals surface area contributed by atoms with Gasteiger partial charge in [-0.15, -0.1) is 0 Å². The number of piperazine rings is 1. The van der Waals surface area contributed by atoms with Crippen molar-refractivity contribution >= 4 is 23.4 Å². The molecular weight excluding hydrogens is 571 g/mol. The highest BCUT2D eigenvalue weighted by atomic mass is 19.4. The van der Waals surface area contributed by atoms with E-state index in [-0.39, 0.29) is 37.0 Å². The van der Waals surface area contributed by atoms with Crippen molar-refractivity contribution in [3.8, 4) is 11.5 Å². The first kappa shape index (κ1) is 28.2. The Bertz CT molecular complexity index is 1370. The van der Waals surface area contributed by atoms with Crippen molar-refractivity contribution in [2.24, 2.45) is 15.4 Å². The Hall–Kier alpha value is -3.56. The predicted octanol–water partition coefficient (Wildman–Crippen LogP) is 1.55. The summed E-state index contributed by atoms with van der Waals surface area (Å²) in [6.45, 7) is 7.14. The molecule has 1 aromatic rings. The van der Waals surface area contributed by atoms with Gasteiger partial charge >= 0.3 is 6.18 Å². The summed E-state index contributed by atoms with van der Waals surface area (Å²) in [5.41, 5.74) is -1.48. The number of guanidine groups is 1. The Labute approximate surface area is 246 Å². The molecule has 7 rings (SSSR count). The lowest BCUT2D eigenvalue weighted by molar-refractivity contribution is -0.101. The number of hydrogen-bond donors (Lipinski definition) is 3. The molecule has 0 saturated carbocycles. The van der Waals surface area contributed by atoms with E-state index in [1.807, 2.05) is 4.90 Å². The van der Waals surface area contributed by atoms with E-state index in [1.165, 1.54) is 6.92 Å². The van der Waals surface area contributed by atoms with Crippen molar-refractivity contribution < 1.29 is 36.9 Å². The van der Waals surface area contributed by atoms with E-state index in [9.17, 15) is 18.0 Å². The average molecular weight is 606 g/mol. The van der Waals surface area contributed by atoms with Crippen molar-refractivity contribution in [1.82, 2.24) is 20.4 Å². The molecule has 3 saturated heterocycles. The van der Waals surface area contributed by atoms with E-state index in [0.29, 0.717) is 61.5 Å². The van der Waals surface area contributed by atoms with E-state index in [4.69, 9.17) is 18.9 Å². The fraction of sp³-hybridized carbons (Fsp3) is 0.607. The lowest BCUT2D eigenvalue weighted by atomic mass is 9.79. The fourth-order valence-electron chi connectivity index (χ4n) is 6.30. The number of nitrogens with zero attached hydrogens (tertiary/aromatic N) is 4. The van der Waals surface area contributed by atoms with Gasteiger partial charge in [-0.05, 0) is 25.5 Å². The highest BCUT2D eigenvalue weighted by molar-refractivity contribution is 6.09. The van der Waals surface area contributed by atoms with Crippen LogP contribution in [-0.2, 0) is 9.47 Å². The quantitative estimate of drug-likeness (QED) is 0.470. The van der Waals surface area contributed by atoms with E-state index in [1.54, 1.807) is 12.1 Å². The zero-order valence-electron chi connectivity index (χ0n) is 23.7. The van der Waals surface area contributed by atoms with Gasteiger partial charge in [-0.2, -0.15) is 18.2 Å². The van der Waals surface area contributed by atoms with Crippen molar-refractivity contribution in [1.29, 1.82) is 0 Å². The first-order valence-electron chi connectivity index (χ1n) is 14.6. The molecular formula is C28H34F3N7O5. The van der Waals surface area contributed by atoms with E-state index < -0.39 is 23.3 Å². The number of benzene rings is 1. The first-order chi connectivity index (χ1) is 20.7. The largest absolute Gasteiger partial charge is 0.485 e. The molecule has 0 aliphatic carbocycles. The number of amides is 1. The van der Waals surface area contributed by atoms with Gasteiger partial charge in [-0.3, -0.25) is 9.69 Å². The van der Waals surface area contributed by atoms with E-state index >= 15 is 0 Å². The zero-order valence-corrected chi connectivity index (χ0v) is 23.7. The number of halogens is 3. The van der Waals surface area contributed by atoms with Crippen LogP contribution in [0.3, 0.4) is 0 Å². The molecule has 15 heteroatoms. The van der Waals surface area contributed by atoms with Crippen LogP contribution in [0.4, 0.5) is 18.9 Å². The van der Waals surface area contributed by atoms with Crippen LogP contribution in [0, 0.1) is 5.41 Å². The van der Waals surface area contributed by atoms with Gasteiger partial charge in [0.05, 0.1) is 54.1 Å². The number of amidine groups is 1. The Kier molecular flexibility index (Phi) is 7.13. The SMILES string of the molecule is CC12C(C(F)(F)F)=CNC1N=C(Nc1ccc(C(=O)N3CCN(C4COC4)CC3)c3c1OCCO3)N=C2NC1CCOC1. The molecule has 6 aliphatic rings. The second kappa shape index (κ2) is 10.9. The molecule has 6 heterocycles. The van der Waals surface area contributed by atoms with Gasteiger partial charge in [-0.25, -0.2) is 4.99 Å². The van der Waals surface area contributed by atoms with Gasteiger partial charge < -0.3 is 39.8 Å². The number of carbonyl (C=O) groups excluding carboxylic acids is 1. The number of hydrogen-bond acceptors (Lipinski definition) is 11. The molecule has 3 fully saturated rings. The Morgan fingerprint density at radius 1 is 1.05 bits per heavy atom. The molecule has 0 bridgehead atoms. The Morgan fingerprint density at radius 2 is 1.81 bits per heavy atom. The maximum absolute atomic E-state index is 14.1. The van der Waals surface area contributed by atoms with Crippen LogP contribution in [0.5, 0.6) is 11.5 Å². The Morgan fingerprint density at radius 3 is 2.49 bits per heavy atom. The Balaban J connectivity index is 1.14. The van der Waals surface area contributed by atoms with Crippen molar-refractivity contribution in [3.63, 3.8) is 0 Å². The molecule has 3 N–H and O–H groups in total. The summed E-state index contributed by atoms with van der Waals surface area (Å²) < 4.78 is 64.8. The second-order valence-electron chi connectivity index (χ2n) is 11.6. The highest BCUT2D eigenvalue weighted by Crippen LogP contribution is 2.47. The van der Waals surface area contributed by atoms with E-state index in [2.05, 4.69) is 30.8 Å². The van der Waals surface area contributed by atoms with Gasteiger partial charge in [-0.1, -0.05) is 0 Å². The van der Waals surface area contributed by atoms with Crippen LogP contribution < -0.4 is 25.4 Å². The summed E-state index contributed by atoms with van der Waals surface area (Å²) in [7, 11) is 0. The van der Waals surface area contributed by atoms with Gasteiger partial charge in [0.25, 0.3) is 5.91 Å². The van der Waals surface area contributed by atoms with Crippen molar-refractivity contribution in [3.05, 3.63) is 29.5 Å². The number of fused-ring (bicyclic) bond motifs is 2. The summed E-state index contributed by atoms with van der Waals surface area (Å²) in [5.74, 6) is 0.751. The van der Waals surface area contributed by atoms with Gasteiger partial charge in [0.15, 0.2) is 11.5 Å². The molecule has 12 nitrogen and oxygen atoms in total. The maximum atomic E-state index is 14.1. The third-order valence-electron chi connectivity index (χ3n) is 8.93. The number of carbonyl (C=O) groups is 1. The monoisotopic (exact) mass is 605 g/mol. The van der Waals surface area contributed by atoms with Crippen LogP contribution in [0.15, 0.2) is 33.9 Å². The van der Waals surface area contributed by atoms with Gasteiger partial charge in [0.1, 0.15) is 25.2 Å². The van der Waals surface area contributed by atoms with Crippen LogP contribution in [0.25, 0.3) is 0 Å². The van der Waals surface area contributed by atoms with Gasteiger partial charge in [0, 0.05) is 39.0 Å². The minimum absolute atomic E-state index is 0.0970. The van der Waals surface area contributed by atoms with Crippen molar-refractivity contribution in [2.45, 2.75) is 37.8 Å². The number of ether oxygens (including phenoxy) is 4. The summed E-state index contributed by atoms with van der Waals surface area (Å²) in [5, 5.41) is 9.11. The summed E-state index contributed by atoms with van der Waals surface area (Å²) in [6.07, 6.45) is -3.90. The molecule has 0 aromatic heterocycles. The lowest BCUT2D eigenvalue weighted by Gasteiger charge is -2.42. The van der Waals surface area contributed by atoms with Gasteiger partial charge in [0.2, 0.25) is 5.96 Å². The van der Waals surface area contributed by atoms with Crippen LogP contribution in [0.1, 0.15) is 23.7 Å². The second-order valence-corrected chi connectivity index (χ2v) is 11.6.